The molecular formula is C9H17N3O3. The van der Waals surface area contributed by atoms with Crippen molar-refractivity contribution in [3.8, 4) is 0 Å². The normalized spacial score (nSPS) is 17.7. The molecule has 1 fully saturated rings. The molecule has 1 aliphatic heterocycles. The van der Waals surface area contributed by atoms with Crippen molar-refractivity contribution >= 4 is 11.9 Å². The number of nitrogens with two attached hydrogens (primary N) is 1. The molecule has 0 bridgehead atoms. The van der Waals surface area contributed by atoms with Crippen LogP contribution >= 0.6 is 0 Å². The number of hydrogen-bond acceptors (Lipinski definition) is 3. The number of ether oxygens (including phenoxy) is 1. The fourth-order valence-electron chi connectivity index (χ4n) is 1.42. The van der Waals surface area contributed by atoms with E-state index in [1.165, 1.54) is 0 Å². The molecule has 0 unspecified atom stereocenters. The van der Waals surface area contributed by atoms with Crippen LogP contribution in [-0.4, -0.2) is 37.2 Å². The van der Waals surface area contributed by atoms with E-state index in [4.69, 9.17) is 10.5 Å². The molecule has 0 aromatic rings. The molecule has 1 rings (SSSR count). The van der Waals surface area contributed by atoms with Crippen molar-refractivity contribution < 1.29 is 14.3 Å². The Bertz CT molecular complexity index is 251. The molecule has 15 heavy (non-hydrogen) atoms. The van der Waals surface area contributed by atoms with Crippen molar-refractivity contribution in [1.29, 1.82) is 0 Å². The molecule has 0 radical (unpaired) electrons. The topological polar surface area (TPSA) is 93.5 Å². The maximum Gasteiger partial charge on any atom is 0.315 e. The molecule has 1 heterocycles. The van der Waals surface area contributed by atoms with Crippen molar-refractivity contribution in [2.24, 2.45) is 5.73 Å². The molecule has 0 saturated carbocycles. The predicted octanol–water partition coefficient (Wildman–Crippen LogP) is -0.660. The van der Waals surface area contributed by atoms with Crippen molar-refractivity contribution in [2.45, 2.75) is 25.3 Å². The quantitative estimate of drug-likeness (QED) is 0.568. The first kappa shape index (κ1) is 11.8. The van der Waals surface area contributed by atoms with E-state index in [1.54, 1.807) is 0 Å². The molecule has 0 atom stereocenters. The zero-order valence-corrected chi connectivity index (χ0v) is 8.84. The first-order valence-corrected chi connectivity index (χ1v) is 5.00. The number of primary amides is 1. The third-order valence-electron chi connectivity index (χ3n) is 2.18. The summed E-state index contributed by atoms with van der Waals surface area (Å²) in [5.41, 5.74) is 4.50. The lowest BCUT2D eigenvalue weighted by molar-refractivity contribution is -0.127. The van der Waals surface area contributed by atoms with Crippen LogP contribution in [0, 0.1) is 0 Å². The summed E-state index contributed by atoms with van der Waals surface area (Å²) in [7, 11) is 0. The van der Waals surface area contributed by atoms with Crippen LogP contribution < -0.4 is 16.4 Å². The van der Waals surface area contributed by atoms with Crippen LogP contribution in [0.4, 0.5) is 4.79 Å². The molecule has 3 amide bonds. The molecule has 0 aromatic heterocycles. The van der Waals surface area contributed by atoms with Gasteiger partial charge in [0.05, 0.1) is 25.2 Å². The van der Waals surface area contributed by atoms with Crippen molar-refractivity contribution in [3.05, 3.63) is 0 Å². The Kier molecular flexibility index (Phi) is 3.90. The minimum Gasteiger partial charge on any atom is -0.376 e. The third-order valence-corrected chi connectivity index (χ3v) is 2.18. The maximum atomic E-state index is 11.4. The van der Waals surface area contributed by atoms with Crippen LogP contribution in [0.15, 0.2) is 0 Å². The Morgan fingerprint density at radius 2 is 2.13 bits per heavy atom. The highest BCUT2D eigenvalue weighted by Crippen LogP contribution is 2.20. The molecule has 0 aliphatic carbocycles. The number of urea groups is 1. The fraction of sp³-hybridized carbons (Fsp3) is 0.778. The second-order valence-corrected chi connectivity index (χ2v) is 3.80. The summed E-state index contributed by atoms with van der Waals surface area (Å²) in [6, 6.07) is -0.276. The van der Waals surface area contributed by atoms with E-state index in [0.29, 0.717) is 19.8 Å². The van der Waals surface area contributed by atoms with Crippen LogP contribution in [0.5, 0.6) is 0 Å². The van der Waals surface area contributed by atoms with Crippen molar-refractivity contribution in [3.63, 3.8) is 0 Å². The van der Waals surface area contributed by atoms with Crippen molar-refractivity contribution in [1.82, 2.24) is 10.6 Å². The first-order chi connectivity index (χ1) is 7.08. The number of carbonyl (C=O) groups excluding carboxylic acids is 2. The highest BCUT2D eigenvalue weighted by molar-refractivity contribution is 5.79. The van der Waals surface area contributed by atoms with Gasteiger partial charge in [-0.1, -0.05) is 6.92 Å². The minimum absolute atomic E-state index is 0.118. The van der Waals surface area contributed by atoms with E-state index in [1.807, 2.05) is 6.92 Å². The van der Waals surface area contributed by atoms with E-state index in [2.05, 4.69) is 10.6 Å². The molecule has 86 valence electrons. The van der Waals surface area contributed by atoms with Gasteiger partial charge in [-0.3, -0.25) is 4.79 Å². The molecular weight excluding hydrogens is 198 g/mol. The summed E-state index contributed by atoms with van der Waals surface area (Å²) < 4.78 is 4.99. The predicted molar refractivity (Wildman–Crippen MR) is 54.2 cm³/mol. The molecule has 6 nitrogen and oxygen atoms in total. The van der Waals surface area contributed by atoms with Crippen molar-refractivity contribution in [2.75, 3.05) is 19.8 Å². The second-order valence-electron chi connectivity index (χ2n) is 3.80. The lowest BCUT2D eigenvalue weighted by atomic mass is 9.93. The lowest BCUT2D eigenvalue weighted by Gasteiger charge is -2.41. The standard InChI is InChI=1S/C9H17N3O3/c1-2-3-11-8(14)12-9(4-7(10)13)5-15-6-9/h2-6H2,1H3,(H2,10,13)(H2,11,12,14). The molecule has 4 N–H and O–H groups in total. The first-order valence-electron chi connectivity index (χ1n) is 5.00. The lowest BCUT2D eigenvalue weighted by Crippen LogP contribution is -2.65. The molecule has 6 heteroatoms. The molecule has 0 spiro atoms. The largest absolute Gasteiger partial charge is 0.376 e. The van der Waals surface area contributed by atoms with Gasteiger partial charge in [-0.25, -0.2) is 4.79 Å². The third kappa shape index (κ3) is 3.39. The number of nitrogens with one attached hydrogen (secondary N) is 2. The van der Waals surface area contributed by atoms with Gasteiger partial charge in [0.25, 0.3) is 0 Å². The van der Waals surface area contributed by atoms with Gasteiger partial charge in [0.2, 0.25) is 5.91 Å². The Morgan fingerprint density at radius 1 is 1.47 bits per heavy atom. The van der Waals surface area contributed by atoms with Gasteiger partial charge in [0, 0.05) is 6.54 Å². The highest BCUT2D eigenvalue weighted by Gasteiger charge is 2.41. The second kappa shape index (κ2) is 4.97. The van der Waals surface area contributed by atoms with Gasteiger partial charge in [0.1, 0.15) is 0 Å². The Hall–Kier alpha value is -1.30. The van der Waals surface area contributed by atoms with Crippen LogP contribution in [0.1, 0.15) is 19.8 Å². The van der Waals surface area contributed by atoms with E-state index < -0.39 is 11.4 Å². The summed E-state index contributed by atoms with van der Waals surface area (Å²) >= 11 is 0. The van der Waals surface area contributed by atoms with E-state index in [0.717, 1.165) is 6.42 Å². The Morgan fingerprint density at radius 3 is 2.53 bits per heavy atom. The van der Waals surface area contributed by atoms with Gasteiger partial charge in [-0.15, -0.1) is 0 Å². The Balaban J connectivity index is 2.38. The number of amides is 3. The molecule has 1 saturated heterocycles. The number of rotatable bonds is 5. The van der Waals surface area contributed by atoms with Crippen LogP contribution in [-0.2, 0) is 9.53 Å². The van der Waals surface area contributed by atoms with Crippen LogP contribution in [0.3, 0.4) is 0 Å². The van der Waals surface area contributed by atoms with Gasteiger partial charge < -0.3 is 21.1 Å². The fourth-order valence-corrected chi connectivity index (χ4v) is 1.42. The number of hydrogen-bond donors (Lipinski definition) is 3. The van der Waals surface area contributed by atoms with E-state index >= 15 is 0 Å². The van der Waals surface area contributed by atoms with Gasteiger partial charge in [-0.05, 0) is 6.42 Å². The molecule has 0 aromatic carbocycles. The summed E-state index contributed by atoms with van der Waals surface area (Å²) in [6.07, 6.45) is 0.985. The van der Waals surface area contributed by atoms with Gasteiger partial charge in [-0.2, -0.15) is 0 Å². The zero-order valence-electron chi connectivity index (χ0n) is 8.84. The smallest absolute Gasteiger partial charge is 0.315 e. The summed E-state index contributed by atoms with van der Waals surface area (Å²) in [5, 5.41) is 5.39. The average Bonchev–Trinajstić information content (AvgIpc) is 2.10. The zero-order chi connectivity index (χ0) is 11.3. The van der Waals surface area contributed by atoms with Gasteiger partial charge >= 0.3 is 6.03 Å². The molecule has 1 aliphatic rings. The van der Waals surface area contributed by atoms with Crippen LogP contribution in [0.2, 0.25) is 0 Å². The number of carbonyl (C=O) groups is 2. The summed E-state index contributed by atoms with van der Waals surface area (Å²) in [6.45, 7) is 3.26. The maximum absolute atomic E-state index is 11.4. The minimum atomic E-state index is -0.594. The Labute approximate surface area is 88.5 Å². The monoisotopic (exact) mass is 215 g/mol. The van der Waals surface area contributed by atoms with E-state index in [9.17, 15) is 9.59 Å². The van der Waals surface area contributed by atoms with Gasteiger partial charge in [0.15, 0.2) is 0 Å². The summed E-state index contributed by atoms with van der Waals surface area (Å²) in [4.78, 5) is 22.2. The summed E-state index contributed by atoms with van der Waals surface area (Å²) in [5.74, 6) is -0.436. The SMILES string of the molecule is CCCNC(=O)NC1(CC(N)=O)COC1. The average molecular weight is 215 g/mol. The van der Waals surface area contributed by atoms with Crippen LogP contribution in [0.25, 0.3) is 0 Å². The highest BCUT2D eigenvalue weighted by atomic mass is 16.5. The van der Waals surface area contributed by atoms with E-state index in [-0.39, 0.29) is 12.5 Å².